The van der Waals surface area contributed by atoms with E-state index in [-0.39, 0.29) is 6.61 Å². The monoisotopic (exact) mass is 203 g/mol. The maximum absolute atomic E-state index is 8.89. The minimum absolute atomic E-state index is 0.243. The molecule has 86 valence electrons. The number of aliphatic hydroxyl groups excluding tert-OH is 1. The molecule has 0 spiro atoms. The highest BCUT2D eigenvalue weighted by molar-refractivity contribution is 4.71. The van der Waals surface area contributed by atoms with E-state index in [1.807, 2.05) is 13.8 Å². The average molecular weight is 203 g/mol. The molecule has 0 aliphatic carbocycles. The molecule has 2 unspecified atom stereocenters. The Labute approximate surface area is 87.8 Å². The Bertz CT molecular complexity index is 128. The number of aliphatic hydroxyl groups is 1. The average Bonchev–Trinajstić information content (AvgIpc) is 2.16. The first-order valence-corrected chi connectivity index (χ1v) is 5.53. The van der Waals surface area contributed by atoms with Crippen LogP contribution in [0.25, 0.3) is 0 Å². The smallest absolute Gasteiger partial charge is 0.0621 e. The second kappa shape index (κ2) is 8.21. The van der Waals surface area contributed by atoms with E-state index in [0.717, 1.165) is 19.8 Å². The van der Waals surface area contributed by atoms with Crippen LogP contribution in [0, 0.1) is 11.8 Å². The molecule has 14 heavy (non-hydrogen) atoms. The first-order valence-electron chi connectivity index (χ1n) is 5.53. The Morgan fingerprint density at radius 2 is 1.93 bits per heavy atom. The van der Waals surface area contributed by atoms with Crippen LogP contribution in [0.5, 0.6) is 0 Å². The van der Waals surface area contributed by atoms with Crippen LogP contribution in [0.15, 0.2) is 0 Å². The summed E-state index contributed by atoms with van der Waals surface area (Å²) in [4.78, 5) is 0. The van der Waals surface area contributed by atoms with Crippen LogP contribution in [0.3, 0.4) is 0 Å². The van der Waals surface area contributed by atoms with Gasteiger partial charge in [0.05, 0.1) is 6.61 Å². The number of rotatable bonds is 8. The maximum atomic E-state index is 8.89. The zero-order chi connectivity index (χ0) is 11.0. The molecule has 3 nitrogen and oxygen atoms in total. The Balaban J connectivity index is 3.73. The van der Waals surface area contributed by atoms with Gasteiger partial charge in [-0.1, -0.05) is 20.8 Å². The van der Waals surface area contributed by atoms with E-state index in [1.54, 1.807) is 0 Å². The molecular weight excluding hydrogens is 178 g/mol. The van der Waals surface area contributed by atoms with Crippen molar-refractivity contribution in [1.82, 2.24) is 5.32 Å². The molecule has 0 aromatic rings. The third-order valence-electron chi connectivity index (χ3n) is 2.35. The Kier molecular flexibility index (Phi) is 8.14. The molecule has 0 rings (SSSR count). The largest absolute Gasteiger partial charge is 0.396 e. The summed E-state index contributed by atoms with van der Waals surface area (Å²) in [5, 5.41) is 12.3. The van der Waals surface area contributed by atoms with E-state index in [2.05, 4.69) is 19.2 Å². The highest BCUT2D eigenvalue weighted by Crippen LogP contribution is 2.03. The standard InChI is InChI=1S/C11H25NO2/c1-5-14-8-11(9(2)3)12-6-10(4)7-13/h9-13H,5-8H2,1-4H3. The summed E-state index contributed by atoms with van der Waals surface area (Å²) in [5.74, 6) is 0.880. The molecule has 0 saturated heterocycles. The minimum Gasteiger partial charge on any atom is -0.396 e. The van der Waals surface area contributed by atoms with E-state index in [1.165, 1.54) is 0 Å². The van der Waals surface area contributed by atoms with Crippen LogP contribution in [-0.4, -0.2) is 37.5 Å². The fourth-order valence-electron chi connectivity index (χ4n) is 1.15. The molecule has 0 aliphatic heterocycles. The molecule has 2 atom stereocenters. The van der Waals surface area contributed by atoms with Crippen LogP contribution < -0.4 is 5.32 Å². The molecule has 0 bridgehead atoms. The van der Waals surface area contributed by atoms with Gasteiger partial charge in [-0.25, -0.2) is 0 Å². The molecule has 0 radical (unpaired) electrons. The summed E-state index contributed by atoms with van der Waals surface area (Å²) < 4.78 is 5.40. The molecule has 2 N–H and O–H groups in total. The quantitative estimate of drug-likeness (QED) is 0.624. The van der Waals surface area contributed by atoms with E-state index < -0.39 is 0 Å². The Morgan fingerprint density at radius 3 is 2.36 bits per heavy atom. The van der Waals surface area contributed by atoms with E-state index in [4.69, 9.17) is 9.84 Å². The maximum Gasteiger partial charge on any atom is 0.0621 e. The highest BCUT2D eigenvalue weighted by atomic mass is 16.5. The van der Waals surface area contributed by atoms with Gasteiger partial charge in [-0.05, 0) is 18.8 Å². The fourth-order valence-corrected chi connectivity index (χ4v) is 1.15. The lowest BCUT2D eigenvalue weighted by atomic mass is 10.0. The van der Waals surface area contributed by atoms with Crippen LogP contribution >= 0.6 is 0 Å². The lowest BCUT2D eigenvalue weighted by Gasteiger charge is -2.23. The normalized spacial score (nSPS) is 15.9. The van der Waals surface area contributed by atoms with Crippen molar-refractivity contribution in [2.45, 2.75) is 33.7 Å². The van der Waals surface area contributed by atoms with Gasteiger partial charge in [0, 0.05) is 25.8 Å². The lowest BCUT2D eigenvalue weighted by molar-refractivity contribution is 0.105. The van der Waals surface area contributed by atoms with Crippen LogP contribution in [0.1, 0.15) is 27.7 Å². The predicted octanol–water partition coefficient (Wildman–Crippen LogP) is 1.27. The molecule has 0 fully saturated rings. The first-order chi connectivity index (χ1) is 6.61. The highest BCUT2D eigenvalue weighted by Gasteiger charge is 2.13. The summed E-state index contributed by atoms with van der Waals surface area (Å²) in [6.45, 7) is 11.0. The zero-order valence-corrected chi connectivity index (χ0v) is 9.92. The van der Waals surface area contributed by atoms with Crippen molar-refractivity contribution in [3.8, 4) is 0 Å². The van der Waals surface area contributed by atoms with Crippen molar-refractivity contribution in [2.75, 3.05) is 26.4 Å². The lowest BCUT2D eigenvalue weighted by Crippen LogP contribution is -2.40. The van der Waals surface area contributed by atoms with Gasteiger partial charge in [0.1, 0.15) is 0 Å². The van der Waals surface area contributed by atoms with Gasteiger partial charge in [0.2, 0.25) is 0 Å². The van der Waals surface area contributed by atoms with Gasteiger partial charge >= 0.3 is 0 Å². The number of nitrogens with one attached hydrogen (secondary N) is 1. The van der Waals surface area contributed by atoms with Gasteiger partial charge in [0.15, 0.2) is 0 Å². The van der Waals surface area contributed by atoms with Crippen molar-refractivity contribution in [2.24, 2.45) is 11.8 Å². The number of ether oxygens (including phenoxy) is 1. The van der Waals surface area contributed by atoms with Crippen molar-refractivity contribution < 1.29 is 9.84 Å². The zero-order valence-electron chi connectivity index (χ0n) is 9.92. The molecule has 0 heterocycles. The Morgan fingerprint density at radius 1 is 1.29 bits per heavy atom. The van der Waals surface area contributed by atoms with Crippen molar-refractivity contribution >= 4 is 0 Å². The predicted molar refractivity (Wildman–Crippen MR) is 59.4 cm³/mol. The number of hydrogen-bond donors (Lipinski definition) is 2. The van der Waals surface area contributed by atoms with E-state index in [0.29, 0.717) is 17.9 Å². The first kappa shape index (κ1) is 13.9. The van der Waals surface area contributed by atoms with Gasteiger partial charge in [0.25, 0.3) is 0 Å². The summed E-state index contributed by atoms with van der Waals surface area (Å²) in [6, 6.07) is 0.393. The molecule has 0 amide bonds. The summed E-state index contributed by atoms with van der Waals surface area (Å²) in [7, 11) is 0. The molecule has 3 heteroatoms. The van der Waals surface area contributed by atoms with Crippen molar-refractivity contribution in [3.63, 3.8) is 0 Å². The minimum atomic E-state index is 0.243. The summed E-state index contributed by atoms with van der Waals surface area (Å²) in [6.07, 6.45) is 0. The van der Waals surface area contributed by atoms with Crippen LogP contribution in [0.2, 0.25) is 0 Å². The topological polar surface area (TPSA) is 41.5 Å². The van der Waals surface area contributed by atoms with E-state index in [9.17, 15) is 0 Å². The van der Waals surface area contributed by atoms with Crippen LogP contribution in [-0.2, 0) is 4.74 Å². The Hall–Kier alpha value is -0.120. The van der Waals surface area contributed by atoms with Gasteiger partial charge in [-0.15, -0.1) is 0 Å². The van der Waals surface area contributed by atoms with Gasteiger partial charge < -0.3 is 15.2 Å². The summed E-state index contributed by atoms with van der Waals surface area (Å²) >= 11 is 0. The second-order valence-corrected chi connectivity index (χ2v) is 4.21. The second-order valence-electron chi connectivity index (χ2n) is 4.21. The van der Waals surface area contributed by atoms with Crippen LogP contribution in [0.4, 0.5) is 0 Å². The van der Waals surface area contributed by atoms with Gasteiger partial charge in [-0.2, -0.15) is 0 Å². The molecule has 0 saturated carbocycles. The number of hydrogen-bond acceptors (Lipinski definition) is 3. The molecule has 0 aliphatic rings. The SMILES string of the molecule is CCOCC(NCC(C)CO)C(C)C. The molecule has 0 aromatic heterocycles. The van der Waals surface area contributed by atoms with Crippen molar-refractivity contribution in [1.29, 1.82) is 0 Å². The third-order valence-corrected chi connectivity index (χ3v) is 2.35. The van der Waals surface area contributed by atoms with E-state index >= 15 is 0 Å². The molecular formula is C11H25NO2. The molecule has 0 aromatic carbocycles. The fraction of sp³-hybridized carbons (Fsp3) is 1.00. The summed E-state index contributed by atoms with van der Waals surface area (Å²) in [5.41, 5.74) is 0. The van der Waals surface area contributed by atoms with Gasteiger partial charge in [-0.3, -0.25) is 0 Å². The van der Waals surface area contributed by atoms with Crippen molar-refractivity contribution in [3.05, 3.63) is 0 Å². The third kappa shape index (κ3) is 6.35.